The number of hydrogen-bond donors (Lipinski definition) is 2. The number of carbonyl (C=O) groups is 2. The molecule has 0 atom stereocenters. The standard InChI is InChI=1S/C14H10N2O3/c17-7-9-3-11(15-5-9)13-1-2-14(19-13)12-4-10(8-18)6-16-12/h1-8,15-16H. The second kappa shape index (κ2) is 4.45. The van der Waals surface area contributed by atoms with Gasteiger partial charge in [0.25, 0.3) is 0 Å². The molecule has 0 bridgehead atoms. The summed E-state index contributed by atoms with van der Waals surface area (Å²) in [5.74, 6) is 1.26. The summed E-state index contributed by atoms with van der Waals surface area (Å²) in [6, 6.07) is 7.02. The van der Waals surface area contributed by atoms with Crippen LogP contribution in [0.4, 0.5) is 0 Å². The molecule has 5 heteroatoms. The van der Waals surface area contributed by atoms with Gasteiger partial charge in [-0.1, -0.05) is 0 Å². The molecule has 94 valence electrons. The van der Waals surface area contributed by atoms with Crippen LogP contribution in [0.25, 0.3) is 22.9 Å². The monoisotopic (exact) mass is 254 g/mol. The zero-order chi connectivity index (χ0) is 13.2. The van der Waals surface area contributed by atoms with Gasteiger partial charge in [-0.15, -0.1) is 0 Å². The minimum absolute atomic E-state index is 0.566. The topological polar surface area (TPSA) is 78.9 Å². The number of furan rings is 1. The van der Waals surface area contributed by atoms with Crippen LogP contribution in [0, 0.1) is 0 Å². The summed E-state index contributed by atoms with van der Waals surface area (Å²) in [6.45, 7) is 0. The maximum atomic E-state index is 10.6. The molecule has 0 fully saturated rings. The van der Waals surface area contributed by atoms with Crippen LogP contribution < -0.4 is 0 Å². The average Bonchev–Trinajstić information content (AvgIpc) is 3.16. The van der Waals surface area contributed by atoms with Crippen LogP contribution in [0.3, 0.4) is 0 Å². The smallest absolute Gasteiger partial charge is 0.151 e. The number of nitrogens with one attached hydrogen (secondary N) is 2. The molecule has 0 aliphatic heterocycles. The Labute approximate surface area is 108 Å². The van der Waals surface area contributed by atoms with Gasteiger partial charge in [-0.05, 0) is 24.3 Å². The van der Waals surface area contributed by atoms with Crippen molar-refractivity contribution in [2.24, 2.45) is 0 Å². The lowest BCUT2D eigenvalue weighted by Crippen LogP contribution is -1.72. The van der Waals surface area contributed by atoms with Crippen molar-refractivity contribution in [1.29, 1.82) is 0 Å². The fraction of sp³-hybridized carbons (Fsp3) is 0. The van der Waals surface area contributed by atoms with Crippen molar-refractivity contribution in [3.05, 3.63) is 47.8 Å². The summed E-state index contributed by atoms with van der Waals surface area (Å²) in [4.78, 5) is 27.2. The average molecular weight is 254 g/mol. The minimum atomic E-state index is 0.566. The Bertz CT molecular complexity index is 673. The Balaban J connectivity index is 1.94. The van der Waals surface area contributed by atoms with Gasteiger partial charge in [0.2, 0.25) is 0 Å². The van der Waals surface area contributed by atoms with Crippen molar-refractivity contribution >= 4 is 12.6 Å². The Hall–Kier alpha value is -2.82. The second-order valence-corrected chi connectivity index (χ2v) is 4.09. The summed E-state index contributed by atoms with van der Waals surface area (Å²) in [5.41, 5.74) is 2.60. The normalized spacial score (nSPS) is 10.5. The zero-order valence-corrected chi connectivity index (χ0v) is 9.84. The largest absolute Gasteiger partial charge is 0.453 e. The molecule has 0 aromatic carbocycles. The van der Waals surface area contributed by atoms with Gasteiger partial charge in [0.05, 0.1) is 11.4 Å². The molecule has 3 rings (SSSR count). The third kappa shape index (κ3) is 2.01. The Morgan fingerprint density at radius 2 is 1.32 bits per heavy atom. The molecule has 0 saturated heterocycles. The van der Waals surface area contributed by atoms with Crippen LogP contribution in [-0.2, 0) is 0 Å². The molecule has 3 heterocycles. The molecular weight excluding hydrogens is 244 g/mol. The number of aldehydes is 2. The van der Waals surface area contributed by atoms with Gasteiger partial charge in [-0.3, -0.25) is 9.59 Å². The lowest BCUT2D eigenvalue weighted by molar-refractivity contribution is 0.111. The fourth-order valence-corrected chi connectivity index (χ4v) is 1.87. The molecule has 19 heavy (non-hydrogen) atoms. The highest BCUT2D eigenvalue weighted by Gasteiger charge is 2.10. The van der Waals surface area contributed by atoms with Crippen molar-refractivity contribution in [1.82, 2.24) is 9.97 Å². The predicted octanol–water partition coefficient (Wildman–Crippen LogP) is 2.89. The molecule has 0 aliphatic carbocycles. The van der Waals surface area contributed by atoms with Crippen molar-refractivity contribution in [2.75, 3.05) is 0 Å². The van der Waals surface area contributed by atoms with E-state index >= 15 is 0 Å². The summed E-state index contributed by atoms with van der Waals surface area (Å²) in [5, 5.41) is 0. The second-order valence-electron chi connectivity index (χ2n) is 4.09. The van der Waals surface area contributed by atoms with Crippen LogP contribution in [0.15, 0.2) is 41.1 Å². The van der Waals surface area contributed by atoms with Gasteiger partial charge in [0, 0.05) is 23.5 Å². The van der Waals surface area contributed by atoms with E-state index in [1.807, 2.05) is 0 Å². The number of carbonyl (C=O) groups excluding carboxylic acids is 2. The van der Waals surface area contributed by atoms with Crippen molar-refractivity contribution in [3.63, 3.8) is 0 Å². The van der Waals surface area contributed by atoms with E-state index in [0.717, 1.165) is 24.0 Å². The molecule has 0 aliphatic rings. The van der Waals surface area contributed by atoms with Gasteiger partial charge in [0.15, 0.2) is 24.1 Å². The number of aromatic amines is 2. The first-order valence-corrected chi connectivity index (χ1v) is 5.68. The predicted molar refractivity (Wildman–Crippen MR) is 69.1 cm³/mol. The van der Waals surface area contributed by atoms with E-state index in [1.54, 1.807) is 36.7 Å². The van der Waals surface area contributed by atoms with E-state index in [-0.39, 0.29) is 0 Å². The summed E-state index contributed by atoms with van der Waals surface area (Å²) in [7, 11) is 0. The van der Waals surface area contributed by atoms with Crippen molar-refractivity contribution in [2.45, 2.75) is 0 Å². The van der Waals surface area contributed by atoms with Crippen LogP contribution in [0.1, 0.15) is 20.7 Å². The summed E-state index contributed by atoms with van der Waals surface area (Å²) < 4.78 is 5.68. The fourth-order valence-electron chi connectivity index (χ4n) is 1.87. The maximum absolute atomic E-state index is 10.6. The third-order valence-corrected chi connectivity index (χ3v) is 2.82. The molecule has 5 nitrogen and oxygen atoms in total. The van der Waals surface area contributed by atoms with Gasteiger partial charge in [0.1, 0.15) is 0 Å². The van der Waals surface area contributed by atoms with Gasteiger partial charge < -0.3 is 14.4 Å². The highest BCUT2D eigenvalue weighted by atomic mass is 16.3. The molecule has 3 aromatic heterocycles. The van der Waals surface area contributed by atoms with E-state index in [2.05, 4.69) is 9.97 Å². The summed E-state index contributed by atoms with van der Waals surface area (Å²) >= 11 is 0. The lowest BCUT2D eigenvalue weighted by Gasteiger charge is -1.92. The van der Waals surface area contributed by atoms with Crippen LogP contribution in [-0.4, -0.2) is 22.5 Å². The first kappa shape index (κ1) is 11.3. The van der Waals surface area contributed by atoms with Crippen LogP contribution >= 0.6 is 0 Å². The third-order valence-electron chi connectivity index (χ3n) is 2.82. The van der Waals surface area contributed by atoms with Gasteiger partial charge >= 0.3 is 0 Å². The summed E-state index contributed by atoms with van der Waals surface area (Å²) in [6.07, 6.45) is 4.77. The van der Waals surface area contributed by atoms with E-state index in [1.165, 1.54) is 0 Å². The number of H-pyrrole nitrogens is 2. The highest BCUT2D eigenvalue weighted by Crippen LogP contribution is 2.27. The lowest BCUT2D eigenvalue weighted by atomic mass is 10.3. The molecule has 2 N–H and O–H groups in total. The van der Waals surface area contributed by atoms with E-state index in [9.17, 15) is 9.59 Å². The van der Waals surface area contributed by atoms with Gasteiger partial charge in [-0.25, -0.2) is 0 Å². The molecular formula is C14H10N2O3. The number of aromatic nitrogens is 2. The quantitative estimate of drug-likeness (QED) is 0.702. The van der Waals surface area contributed by atoms with Crippen molar-refractivity contribution in [3.8, 4) is 22.9 Å². The number of hydrogen-bond acceptors (Lipinski definition) is 3. The minimum Gasteiger partial charge on any atom is -0.453 e. The van der Waals surface area contributed by atoms with Crippen molar-refractivity contribution < 1.29 is 14.0 Å². The van der Waals surface area contributed by atoms with Crippen LogP contribution in [0.5, 0.6) is 0 Å². The van der Waals surface area contributed by atoms with Gasteiger partial charge in [-0.2, -0.15) is 0 Å². The molecule has 0 spiro atoms. The Morgan fingerprint density at radius 1 is 0.842 bits per heavy atom. The molecule has 0 radical (unpaired) electrons. The highest BCUT2D eigenvalue weighted by molar-refractivity contribution is 5.79. The molecule has 0 saturated carbocycles. The first-order chi connectivity index (χ1) is 9.30. The van der Waals surface area contributed by atoms with E-state index < -0.39 is 0 Å². The molecule has 3 aromatic rings. The molecule has 0 amide bonds. The number of rotatable bonds is 4. The Morgan fingerprint density at radius 3 is 1.68 bits per heavy atom. The van der Waals surface area contributed by atoms with E-state index in [0.29, 0.717) is 22.6 Å². The SMILES string of the molecule is O=Cc1c[nH]c(-c2ccc(-c3cc(C=O)c[nH]3)o2)c1. The maximum Gasteiger partial charge on any atom is 0.151 e. The molecule has 0 unspecified atom stereocenters. The Kier molecular flexibility index (Phi) is 2.64. The first-order valence-electron chi connectivity index (χ1n) is 5.68. The van der Waals surface area contributed by atoms with E-state index in [4.69, 9.17) is 4.42 Å². The zero-order valence-electron chi connectivity index (χ0n) is 9.84. The van der Waals surface area contributed by atoms with Crippen LogP contribution in [0.2, 0.25) is 0 Å².